The van der Waals surface area contributed by atoms with Crippen LogP contribution in [0.3, 0.4) is 0 Å². The zero-order valence-electron chi connectivity index (χ0n) is 11.0. The zero-order chi connectivity index (χ0) is 13.2. The normalized spacial score (nSPS) is 10.8. The molecule has 0 aliphatic carbocycles. The lowest BCUT2D eigenvalue weighted by atomic mass is 10.1. The van der Waals surface area contributed by atoms with Crippen molar-refractivity contribution in [1.82, 2.24) is 0 Å². The first-order chi connectivity index (χ1) is 8.74. The molecule has 0 bridgehead atoms. The van der Waals surface area contributed by atoms with E-state index in [1.807, 2.05) is 6.07 Å². The summed E-state index contributed by atoms with van der Waals surface area (Å²) in [6.45, 7) is 3.09. The number of hydrogen-bond donors (Lipinski definition) is 0. The van der Waals surface area contributed by atoms with Crippen molar-refractivity contribution in [3.63, 3.8) is 0 Å². The van der Waals surface area contributed by atoms with Gasteiger partial charge in [-0.05, 0) is 38.3 Å². The van der Waals surface area contributed by atoms with Gasteiger partial charge in [0.25, 0.3) is 0 Å². The molecule has 0 amide bonds. The molecule has 0 atom stereocenters. The van der Waals surface area contributed by atoms with E-state index in [9.17, 15) is 0 Å². The SMILES string of the molecule is CCCCCCCCCCOc1cc(Br)sc1Br. The minimum Gasteiger partial charge on any atom is -0.491 e. The van der Waals surface area contributed by atoms with Gasteiger partial charge in [-0.2, -0.15) is 0 Å². The van der Waals surface area contributed by atoms with Crippen molar-refractivity contribution in [2.24, 2.45) is 0 Å². The predicted molar refractivity (Wildman–Crippen MR) is 87.8 cm³/mol. The Balaban J connectivity index is 1.94. The highest BCUT2D eigenvalue weighted by Gasteiger charge is 2.05. The first-order valence-electron chi connectivity index (χ1n) is 6.81. The van der Waals surface area contributed by atoms with E-state index in [0.717, 1.165) is 26.4 Å². The molecular formula is C14H22Br2OS. The molecule has 1 nitrogen and oxygen atoms in total. The third-order valence-corrected chi connectivity index (χ3v) is 5.17. The van der Waals surface area contributed by atoms with Gasteiger partial charge >= 0.3 is 0 Å². The quantitative estimate of drug-likeness (QED) is 0.394. The molecule has 1 aromatic rings. The Bertz CT molecular complexity index is 326. The van der Waals surface area contributed by atoms with Gasteiger partial charge in [-0.25, -0.2) is 0 Å². The number of hydrogen-bond acceptors (Lipinski definition) is 2. The maximum atomic E-state index is 5.74. The maximum absolute atomic E-state index is 5.74. The largest absolute Gasteiger partial charge is 0.491 e. The van der Waals surface area contributed by atoms with Crippen LogP contribution in [0.25, 0.3) is 0 Å². The lowest BCUT2D eigenvalue weighted by molar-refractivity contribution is 0.304. The second-order valence-electron chi connectivity index (χ2n) is 4.51. The van der Waals surface area contributed by atoms with E-state index < -0.39 is 0 Å². The monoisotopic (exact) mass is 396 g/mol. The number of thiophene rings is 1. The number of unbranched alkanes of at least 4 members (excludes halogenated alkanes) is 7. The smallest absolute Gasteiger partial charge is 0.145 e. The Morgan fingerprint density at radius 2 is 1.61 bits per heavy atom. The van der Waals surface area contributed by atoms with Crippen molar-refractivity contribution in [1.29, 1.82) is 0 Å². The van der Waals surface area contributed by atoms with Crippen LogP contribution in [0.15, 0.2) is 13.6 Å². The molecular weight excluding hydrogens is 376 g/mol. The Morgan fingerprint density at radius 3 is 2.17 bits per heavy atom. The maximum Gasteiger partial charge on any atom is 0.145 e. The van der Waals surface area contributed by atoms with Gasteiger partial charge < -0.3 is 4.74 Å². The highest BCUT2D eigenvalue weighted by atomic mass is 79.9. The van der Waals surface area contributed by atoms with Gasteiger partial charge in [-0.3, -0.25) is 0 Å². The van der Waals surface area contributed by atoms with E-state index >= 15 is 0 Å². The topological polar surface area (TPSA) is 9.23 Å². The van der Waals surface area contributed by atoms with Gasteiger partial charge in [-0.1, -0.05) is 51.9 Å². The van der Waals surface area contributed by atoms with Crippen LogP contribution in [0.2, 0.25) is 0 Å². The van der Waals surface area contributed by atoms with Crippen LogP contribution in [0.4, 0.5) is 0 Å². The van der Waals surface area contributed by atoms with Crippen LogP contribution >= 0.6 is 43.2 Å². The first kappa shape index (κ1) is 16.5. The van der Waals surface area contributed by atoms with E-state index in [1.54, 1.807) is 11.3 Å². The van der Waals surface area contributed by atoms with E-state index in [0.29, 0.717) is 0 Å². The third-order valence-electron chi connectivity index (χ3n) is 2.88. The fourth-order valence-corrected chi connectivity index (χ4v) is 4.49. The van der Waals surface area contributed by atoms with Gasteiger partial charge in [0, 0.05) is 6.07 Å². The van der Waals surface area contributed by atoms with E-state index in [1.165, 1.54) is 44.9 Å². The Hall–Kier alpha value is 0.460. The standard InChI is InChI=1S/C14H22Br2OS/c1-2-3-4-5-6-7-8-9-10-17-12-11-13(15)18-14(12)16/h11H,2-10H2,1H3. The third kappa shape index (κ3) is 7.15. The number of halogens is 2. The molecule has 1 rings (SSSR count). The number of ether oxygens (including phenoxy) is 1. The minimum absolute atomic E-state index is 0.830. The average Bonchev–Trinajstić information content (AvgIpc) is 2.66. The summed E-state index contributed by atoms with van der Waals surface area (Å²) >= 11 is 8.61. The van der Waals surface area contributed by atoms with Crippen molar-refractivity contribution in [3.05, 3.63) is 13.6 Å². The average molecular weight is 398 g/mol. The Morgan fingerprint density at radius 1 is 1.00 bits per heavy atom. The van der Waals surface area contributed by atoms with Crippen molar-refractivity contribution in [2.45, 2.75) is 58.3 Å². The summed E-state index contributed by atoms with van der Waals surface area (Å²) < 4.78 is 7.93. The molecule has 104 valence electrons. The highest BCUT2D eigenvalue weighted by Crippen LogP contribution is 2.37. The fraction of sp³-hybridized carbons (Fsp3) is 0.714. The van der Waals surface area contributed by atoms with E-state index in [-0.39, 0.29) is 0 Å². The summed E-state index contributed by atoms with van der Waals surface area (Å²) in [7, 11) is 0. The van der Waals surface area contributed by atoms with Crippen LogP contribution in [0.5, 0.6) is 5.75 Å². The molecule has 0 aliphatic rings. The van der Waals surface area contributed by atoms with E-state index in [4.69, 9.17) is 4.74 Å². The highest BCUT2D eigenvalue weighted by molar-refractivity contribution is 9.12. The lowest BCUT2D eigenvalue weighted by Gasteiger charge is -2.04. The fourth-order valence-electron chi connectivity index (χ4n) is 1.84. The van der Waals surface area contributed by atoms with Crippen LogP contribution in [0, 0.1) is 0 Å². The minimum atomic E-state index is 0.830. The van der Waals surface area contributed by atoms with Crippen molar-refractivity contribution in [3.8, 4) is 5.75 Å². The molecule has 0 radical (unpaired) electrons. The number of rotatable bonds is 10. The van der Waals surface area contributed by atoms with Crippen LogP contribution in [-0.4, -0.2) is 6.61 Å². The summed E-state index contributed by atoms with van der Waals surface area (Å²) in [4.78, 5) is 0. The summed E-state index contributed by atoms with van der Waals surface area (Å²) in [5, 5.41) is 0. The van der Waals surface area contributed by atoms with Crippen LogP contribution < -0.4 is 4.74 Å². The molecule has 0 aliphatic heterocycles. The van der Waals surface area contributed by atoms with Gasteiger partial charge in [-0.15, -0.1) is 11.3 Å². The molecule has 0 saturated heterocycles. The lowest BCUT2D eigenvalue weighted by Crippen LogP contribution is -1.96. The zero-order valence-corrected chi connectivity index (χ0v) is 15.0. The van der Waals surface area contributed by atoms with E-state index in [2.05, 4.69) is 38.8 Å². The molecule has 1 aromatic heterocycles. The van der Waals surface area contributed by atoms with Gasteiger partial charge in [0.2, 0.25) is 0 Å². The van der Waals surface area contributed by atoms with Gasteiger partial charge in [0.05, 0.1) is 10.4 Å². The molecule has 0 aromatic carbocycles. The molecule has 0 unspecified atom stereocenters. The predicted octanol–water partition coefficient (Wildman–Crippen LogP) is 6.79. The van der Waals surface area contributed by atoms with Crippen molar-refractivity contribution < 1.29 is 4.74 Å². The van der Waals surface area contributed by atoms with Gasteiger partial charge in [0.1, 0.15) is 9.54 Å². The van der Waals surface area contributed by atoms with Crippen molar-refractivity contribution in [2.75, 3.05) is 6.61 Å². The Kier molecular flexibility index (Phi) is 9.42. The Labute approximate surface area is 132 Å². The van der Waals surface area contributed by atoms with Crippen LogP contribution in [-0.2, 0) is 0 Å². The molecule has 0 saturated carbocycles. The molecule has 0 fully saturated rings. The second kappa shape index (κ2) is 10.3. The molecule has 4 heteroatoms. The molecule has 0 spiro atoms. The van der Waals surface area contributed by atoms with Gasteiger partial charge in [0.15, 0.2) is 0 Å². The molecule has 0 N–H and O–H groups in total. The van der Waals surface area contributed by atoms with Crippen molar-refractivity contribution >= 4 is 43.2 Å². The summed E-state index contributed by atoms with van der Waals surface area (Å²) in [5.74, 6) is 0.967. The van der Waals surface area contributed by atoms with Crippen LogP contribution in [0.1, 0.15) is 58.3 Å². The summed E-state index contributed by atoms with van der Waals surface area (Å²) in [6.07, 6.45) is 10.7. The molecule has 18 heavy (non-hydrogen) atoms. The molecule has 1 heterocycles. The first-order valence-corrected chi connectivity index (χ1v) is 9.22. The summed E-state index contributed by atoms with van der Waals surface area (Å²) in [6, 6.07) is 2.03. The summed E-state index contributed by atoms with van der Waals surface area (Å²) in [5.41, 5.74) is 0. The second-order valence-corrected chi connectivity index (χ2v) is 8.26.